The Bertz CT molecular complexity index is 1060. The predicted octanol–water partition coefficient (Wildman–Crippen LogP) is 3.06. The van der Waals surface area contributed by atoms with E-state index in [0.717, 1.165) is 30.7 Å². The number of nitrogens with one attached hydrogen (secondary N) is 3. The van der Waals surface area contributed by atoms with E-state index in [2.05, 4.69) is 25.5 Å². The molecule has 0 saturated carbocycles. The summed E-state index contributed by atoms with van der Waals surface area (Å²) in [6.07, 6.45) is 1.04. The molecule has 0 spiro atoms. The number of hydrogen-bond acceptors (Lipinski definition) is 8. The van der Waals surface area contributed by atoms with Crippen molar-refractivity contribution in [1.29, 1.82) is 0 Å². The van der Waals surface area contributed by atoms with Crippen LogP contribution in [0.5, 0.6) is 0 Å². The number of hydroxylamine groups is 1. The number of rotatable bonds is 6. The van der Waals surface area contributed by atoms with E-state index in [4.69, 9.17) is 9.94 Å². The zero-order valence-corrected chi connectivity index (χ0v) is 16.5. The average Bonchev–Trinajstić information content (AvgIpc) is 2.82. The third-order valence-electron chi connectivity index (χ3n) is 4.77. The Balaban J connectivity index is 1.50. The van der Waals surface area contributed by atoms with Crippen LogP contribution in [0.2, 0.25) is 0 Å². The molecule has 0 bridgehead atoms. The number of ether oxygens (including phenoxy) is 1. The first kappa shape index (κ1) is 20.5. The molecule has 0 radical (unpaired) electrons. The van der Waals surface area contributed by atoms with Gasteiger partial charge in [-0.05, 0) is 36.4 Å². The van der Waals surface area contributed by atoms with Crippen molar-refractivity contribution in [3.63, 3.8) is 0 Å². The maximum atomic E-state index is 14.3. The highest BCUT2D eigenvalue weighted by atomic mass is 19.1. The summed E-state index contributed by atoms with van der Waals surface area (Å²) in [5.41, 5.74) is 3.82. The molecule has 1 aliphatic rings. The molecule has 1 amide bonds. The summed E-state index contributed by atoms with van der Waals surface area (Å²) >= 11 is 0. The van der Waals surface area contributed by atoms with Gasteiger partial charge in [0.25, 0.3) is 5.91 Å². The molecule has 31 heavy (non-hydrogen) atoms. The molecule has 2 heterocycles. The molecule has 0 atom stereocenters. The van der Waals surface area contributed by atoms with Gasteiger partial charge in [0, 0.05) is 24.5 Å². The van der Waals surface area contributed by atoms with E-state index in [0.29, 0.717) is 13.2 Å². The number of nitrogens with zero attached hydrogens (tertiary/aromatic N) is 3. The fourth-order valence-electron chi connectivity index (χ4n) is 3.20. The third kappa shape index (κ3) is 4.87. The van der Waals surface area contributed by atoms with E-state index in [1.54, 1.807) is 23.7 Å². The summed E-state index contributed by atoms with van der Waals surface area (Å²) in [4.78, 5) is 22.2. The van der Waals surface area contributed by atoms with Crippen molar-refractivity contribution in [3.05, 3.63) is 66.1 Å². The minimum absolute atomic E-state index is 0.111. The molecule has 4 rings (SSSR count). The minimum Gasteiger partial charge on any atom is -0.378 e. The van der Waals surface area contributed by atoms with Gasteiger partial charge >= 0.3 is 0 Å². The van der Waals surface area contributed by atoms with Crippen molar-refractivity contribution >= 4 is 34.7 Å². The Morgan fingerprint density at radius 3 is 2.55 bits per heavy atom. The van der Waals surface area contributed by atoms with Gasteiger partial charge in [-0.15, -0.1) is 0 Å². The van der Waals surface area contributed by atoms with Gasteiger partial charge in [-0.3, -0.25) is 10.0 Å². The van der Waals surface area contributed by atoms with Gasteiger partial charge in [-0.2, -0.15) is 4.98 Å². The molecule has 1 fully saturated rings. The van der Waals surface area contributed by atoms with Crippen LogP contribution < -0.4 is 21.0 Å². The van der Waals surface area contributed by atoms with E-state index in [1.165, 1.54) is 6.07 Å². The molecule has 1 saturated heterocycles. The van der Waals surface area contributed by atoms with Crippen molar-refractivity contribution in [3.8, 4) is 0 Å². The Morgan fingerprint density at radius 1 is 1.06 bits per heavy atom. The Hall–Kier alpha value is -3.76. The molecular formula is C21H21FN6O3. The van der Waals surface area contributed by atoms with Crippen LogP contribution in [0.1, 0.15) is 10.4 Å². The van der Waals surface area contributed by atoms with Crippen molar-refractivity contribution in [2.75, 3.05) is 41.8 Å². The highest BCUT2D eigenvalue weighted by molar-refractivity contribution is 5.99. The Morgan fingerprint density at radius 2 is 1.81 bits per heavy atom. The quantitative estimate of drug-likeness (QED) is 0.353. The summed E-state index contributed by atoms with van der Waals surface area (Å²) in [7, 11) is 0. The second-order valence-electron chi connectivity index (χ2n) is 6.77. The molecule has 9 nitrogen and oxygen atoms in total. The number of hydrogen-bond donors (Lipinski definition) is 4. The van der Waals surface area contributed by atoms with Gasteiger partial charge in [0.1, 0.15) is 0 Å². The van der Waals surface area contributed by atoms with E-state index in [1.807, 2.05) is 24.3 Å². The first-order valence-electron chi connectivity index (χ1n) is 9.67. The topological polar surface area (TPSA) is 112 Å². The first-order valence-corrected chi connectivity index (χ1v) is 9.67. The number of aromatic nitrogens is 2. The third-order valence-corrected chi connectivity index (χ3v) is 4.77. The van der Waals surface area contributed by atoms with Crippen LogP contribution in [0.4, 0.5) is 33.2 Å². The van der Waals surface area contributed by atoms with Crippen molar-refractivity contribution in [1.82, 2.24) is 15.4 Å². The fourth-order valence-corrected chi connectivity index (χ4v) is 3.20. The van der Waals surface area contributed by atoms with Crippen LogP contribution in [-0.2, 0) is 4.74 Å². The van der Waals surface area contributed by atoms with Gasteiger partial charge in [0.05, 0.1) is 30.7 Å². The lowest BCUT2D eigenvalue weighted by Gasteiger charge is -2.28. The summed E-state index contributed by atoms with van der Waals surface area (Å²) in [5, 5.41) is 14.7. The highest BCUT2D eigenvalue weighted by Gasteiger charge is 2.14. The number of amides is 1. The maximum absolute atomic E-state index is 14.3. The number of carbonyl (C=O) groups excluding carboxylic acids is 1. The second-order valence-corrected chi connectivity index (χ2v) is 6.77. The molecule has 0 unspecified atom stereocenters. The largest absolute Gasteiger partial charge is 0.378 e. The number of halogens is 1. The first-order chi connectivity index (χ1) is 15.1. The van der Waals surface area contributed by atoms with Gasteiger partial charge < -0.3 is 20.3 Å². The average molecular weight is 424 g/mol. The van der Waals surface area contributed by atoms with Crippen molar-refractivity contribution < 1.29 is 19.1 Å². The molecular weight excluding hydrogens is 403 g/mol. The monoisotopic (exact) mass is 424 g/mol. The lowest BCUT2D eigenvalue weighted by atomic mass is 10.1. The lowest BCUT2D eigenvalue weighted by molar-refractivity contribution is 0.0707. The molecule has 1 aromatic heterocycles. The van der Waals surface area contributed by atoms with Gasteiger partial charge in [-0.25, -0.2) is 14.9 Å². The lowest BCUT2D eigenvalue weighted by Crippen LogP contribution is -2.36. The van der Waals surface area contributed by atoms with E-state index in [-0.39, 0.29) is 23.0 Å². The van der Waals surface area contributed by atoms with Crippen LogP contribution in [0, 0.1) is 5.82 Å². The van der Waals surface area contributed by atoms with Crippen LogP contribution in [0.3, 0.4) is 0 Å². The SMILES string of the molecule is O=C(NO)c1ccccc1Nc1nc(Nc2ccc(N3CCOCC3)cc2)ncc1F. The predicted molar refractivity (Wildman–Crippen MR) is 114 cm³/mol. The Kier molecular flexibility index (Phi) is 6.20. The zero-order chi connectivity index (χ0) is 21.6. The number of para-hydroxylation sites is 1. The number of benzene rings is 2. The molecule has 0 aliphatic carbocycles. The van der Waals surface area contributed by atoms with Gasteiger partial charge in [0.2, 0.25) is 5.95 Å². The van der Waals surface area contributed by atoms with Gasteiger partial charge in [0.15, 0.2) is 11.6 Å². The molecule has 160 valence electrons. The Labute approximate surface area is 177 Å². The zero-order valence-electron chi connectivity index (χ0n) is 16.5. The molecule has 3 aromatic rings. The molecule has 10 heteroatoms. The summed E-state index contributed by atoms with van der Waals surface area (Å²) in [6, 6.07) is 14.1. The summed E-state index contributed by atoms with van der Waals surface area (Å²) in [6.45, 7) is 3.11. The van der Waals surface area contributed by atoms with Gasteiger partial charge in [-0.1, -0.05) is 12.1 Å². The molecule has 4 N–H and O–H groups in total. The standard InChI is InChI=1S/C21H21FN6O3/c22-17-13-23-21(24-14-5-7-15(8-6-14)28-9-11-31-12-10-28)26-19(17)25-18-4-2-1-3-16(18)20(29)27-30/h1-8,13,30H,9-12H2,(H,27,29)(H2,23,24,25,26). The summed E-state index contributed by atoms with van der Waals surface area (Å²) in [5.74, 6) is -1.34. The summed E-state index contributed by atoms with van der Waals surface area (Å²) < 4.78 is 19.7. The minimum atomic E-state index is -0.726. The van der Waals surface area contributed by atoms with Crippen LogP contribution >= 0.6 is 0 Å². The van der Waals surface area contributed by atoms with E-state index in [9.17, 15) is 9.18 Å². The number of carbonyl (C=O) groups is 1. The molecule has 1 aliphatic heterocycles. The second kappa shape index (κ2) is 9.37. The number of anilines is 5. The maximum Gasteiger partial charge on any atom is 0.276 e. The smallest absolute Gasteiger partial charge is 0.276 e. The highest BCUT2D eigenvalue weighted by Crippen LogP contribution is 2.24. The van der Waals surface area contributed by atoms with Crippen LogP contribution in [-0.4, -0.2) is 47.4 Å². The normalized spacial score (nSPS) is 13.5. The van der Waals surface area contributed by atoms with Crippen LogP contribution in [0.25, 0.3) is 0 Å². The van der Waals surface area contributed by atoms with Crippen LogP contribution in [0.15, 0.2) is 54.7 Å². The molecule has 2 aromatic carbocycles. The fraction of sp³-hybridized carbons (Fsp3) is 0.190. The number of morpholine rings is 1. The van der Waals surface area contributed by atoms with Crippen molar-refractivity contribution in [2.45, 2.75) is 0 Å². The van der Waals surface area contributed by atoms with Crippen molar-refractivity contribution in [2.24, 2.45) is 0 Å². The van der Waals surface area contributed by atoms with E-state index >= 15 is 0 Å². The van der Waals surface area contributed by atoms with E-state index < -0.39 is 11.7 Å².